The van der Waals surface area contributed by atoms with Crippen LogP contribution in [-0.2, 0) is 31.8 Å². The SMILES string of the molecule is CN(CCN)CCN.CNC(=O)CNC(=O)C(CCC=O)NC.Cc1ccc(C(F)(F)F)cc1.OB1OCc2ccccc21. The smallest absolute Gasteiger partial charge is 0.423 e. The summed E-state index contributed by atoms with van der Waals surface area (Å²) >= 11 is 0. The summed E-state index contributed by atoms with van der Waals surface area (Å²) in [5.74, 6) is -0.531. The number of aldehydes is 1. The first-order valence-electron chi connectivity index (χ1n) is 14.0. The summed E-state index contributed by atoms with van der Waals surface area (Å²) in [6.45, 7) is 5.56. The lowest BCUT2D eigenvalue weighted by Gasteiger charge is -2.14. The van der Waals surface area contributed by atoms with Crippen LogP contribution in [-0.4, -0.2) is 95.1 Å². The van der Waals surface area contributed by atoms with E-state index >= 15 is 0 Å². The first-order valence-corrected chi connectivity index (χ1v) is 14.0. The van der Waals surface area contributed by atoms with E-state index in [-0.39, 0.29) is 18.4 Å². The number of rotatable bonds is 11. The van der Waals surface area contributed by atoms with Gasteiger partial charge in [0.25, 0.3) is 0 Å². The summed E-state index contributed by atoms with van der Waals surface area (Å²) in [5.41, 5.74) is 12.8. The van der Waals surface area contributed by atoms with Gasteiger partial charge in [-0.3, -0.25) is 9.59 Å². The summed E-state index contributed by atoms with van der Waals surface area (Å²) in [5, 5.41) is 16.8. The van der Waals surface area contributed by atoms with Gasteiger partial charge < -0.3 is 46.8 Å². The number of carbonyl (C=O) groups excluding carboxylic acids is 3. The molecule has 2 aromatic carbocycles. The minimum Gasteiger partial charge on any atom is -0.423 e. The van der Waals surface area contributed by atoms with Crippen molar-refractivity contribution < 1.29 is 37.2 Å². The van der Waals surface area contributed by atoms with Crippen LogP contribution in [0.5, 0.6) is 0 Å². The number of nitrogens with one attached hydrogen (secondary N) is 3. The quantitative estimate of drug-likeness (QED) is 0.150. The van der Waals surface area contributed by atoms with Crippen molar-refractivity contribution in [2.24, 2.45) is 11.5 Å². The standard InChI is InChI=1S/C9H17N3O3.C8H7F3.C7H7BO2.C5H15N3/c1-10-7(4-3-5-13)9(15)12-6-8(14)11-2;1-6-2-4-7(5-3-6)8(9,10)11;9-8-7-4-2-1-3-6(7)5-10-8;1-8(4-2-6)5-3-7/h5,7,10H,3-4,6H2,1-2H3,(H,11,14)(H,12,15);2-5H,1H3;1-4,9H,5H2;2-7H2,1H3. The number of alkyl halides is 3. The average Bonchev–Trinajstić information content (AvgIpc) is 3.38. The highest BCUT2D eigenvalue weighted by Gasteiger charge is 2.29. The third-order valence-electron chi connectivity index (χ3n) is 6.06. The van der Waals surface area contributed by atoms with Gasteiger partial charge in [0.15, 0.2) is 0 Å². The maximum atomic E-state index is 11.9. The monoisotopic (exact) mass is 626 g/mol. The summed E-state index contributed by atoms with van der Waals surface area (Å²) in [4.78, 5) is 34.5. The number of carbonyl (C=O) groups is 3. The predicted molar refractivity (Wildman–Crippen MR) is 166 cm³/mol. The van der Waals surface area contributed by atoms with E-state index in [2.05, 4.69) is 20.9 Å². The Hall–Kier alpha value is -3.34. The molecule has 1 aliphatic heterocycles. The summed E-state index contributed by atoms with van der Waals surface area (Å²) < 4.78 is 40.7. The van der Waals surface area contributed by atoms with Gasteiger partial charge in [-0.15, -0.1) is 0 Å². The number of benzene rings is 2. The third-order valence-corrected chi connectivity index (χ3v) is 6.06. The second kappa shape index (κ2) is 23.1. The van der Waals surface area contributed by atoms with E-state index in [4.69, 9.17) is 21.1 Å². The number of nitrogens with zero attached hydrogens (tertiary/aromatic N) is 1. The number of hydrogen-bond donors (Lipinski definition) is 6. The molecule has 15 heteroatoms. The number of halogens is 3. The Bertz CT molecular complexity index is 1090. The van der Waals surface area contributed by atoms with Gasteiger partial charge in [-0.05, 0) is 50.6 Å². The third kappa shape index (κ3) is 17.7. The van der Waals surface area contributed by atoms with Crippen LogP contribution in [0.3, 0.4) is 0 Å². The molecule has 8 N–H and O–H groups in total. The fourth-order valence-corrected chi connectivity index (χ4v) is 3.48. The molecule has 0 saturated carbocycles. The van der Waals surface area contributed by atoms with Crippen molar-refractivity contribution in [3.63, 3.8) is 0 Å². The van der Waals surface area contributed by atoms with Crippen LogP contribution >= 0.6 is 0 Å². The molecule has 246 valence electrons. The molecule has 44 heavy (non-hydrogen) atoms. The van der Waals surface area contributed by atoms with Crippen LogP contribution in [0.1, 0.15) is 29.5 Å². The zero-order valence-corrected chi connectivity index (χ0v) is 25.8. The van der Waals surface area contributed by atoms with Crippen LogP contribution in [0, 0.1) is 6.92 Å². The van der Waals surface area contributed by atoms with Gasteiger partial charge in [-0.1, -0.05) is 42.0 Å². The summed E-state index contributed by atoms with van der Waals surface area (Å²) in [6.07, 6.45) is -2.71. The number of amides is 2. The van der Waals surface area contributed by atoms with Gasteiger partial charge in [-0.25, -0.2) is 0 Å². The molecular formula is C29H46BF3N6O5. The molecule has 2 amide bonds. The second-order valence-corrected chi connectivity index (χ2v) is 9.58. The van der Waals surface area contributed by atoms with E-state index in [1.165, 1.54) is 19.2 Å². The van der Waals surface area contributed by atoms with E-state index in [0.29, 0.717) is 19.4 Å². The minimum atomic E-state index is -4.21. The fraction of sp³-hybridized carbons (Fsp3) is 0.483. The zero-order valence-electron chi connectivity index (χ0n) is 25.8. The van der Waals surface area contributed by atoms with E-state index in [9.17, 15) is 27.6 Å². The Kier molecular flexibility index (Phi) is 21.3. The van der Waals surface area contributed by atoms with E-state index < -0.39 is 24.9 Å². The van der Waals surface area contributed by atoms with Gasteiger partial charge >= 0.3 is 13.3 Å². The highest BCUT2D eigenvalue weighted by atomic mass is 19.4. The van der Waals surface area contributed by atoms with E-state index in [1.54, 1.807) is 14.0 Å². The van der Waals surface area contributed by atoms with Crippen LogP contribution in [0.4, 0.5) is 13.2 Å². The van der Waals surface area contributed by atoms with Gasteiger partial charge in [0.2, 0.25) is 11.8 Å². The van der Waals surface area contributed by atoms with E-state index in [0.717, 1.165) is 61.2 Å². The van der Waals surface area contributed by atoms with Crippen molar-refractivity contribution in [3.05, 3.63) is 65.2 Å². The maximum Gasteiger partial charge on any atom is 0.491 e. The Morgan fingerprint density at radius 2 is 1.68 bits per heavy atom. The Labute approximate surface area is 258 Å². The largest absolute Gasteiger partial charge is 0.491 e. The van der Waals surface area contributed by atoms with Gasteiger partial charge in [-0.2, -0.15) is 13.2 Å². The molecule has 0 spiro atoms. The van der Waals surface area contributed by atoms with Crippen LogP contribution in [0.15, 0.2) is 48.5 Å². The van der Waals surface area contributed by atoms with Crippen LogP contribution in [0.2, 0.25) is 0 Å². The zero-order chi connectivity index (χ0) is 33.5. The lowest BCUT2D eigenvalue weighted by atomic mass is 9.80. The molecule has 1 heterocycles. The topological polar surface area (TPSA) is 172 Å². The van der Waals surface area contributed by atoms with Crippen LogP contribution in [0.25, 0.3) is 0 Å². The van der Waals surface area contributed by atoms with E-state index in [1.807, 2.05) is 31.3 Å². The van der Waals surface area contributed by atoms with Crippen molar-refractivity contribution >= 4 is 30.7 Å². The Balaban J connectivity index is 0.000000574. The Morgan fingerprint density at radius 1 is 1.09 bits per heavy atom. The number of likely N-dealkylation sites (N-methyl/N-ethyl adjacent to an activating group) is 3. The first kappa shape index (κ1) is 40.7. The molecule has 0 aliphatic carbocycles. The fourth-order valence-electron chi connectivity index (χ4n) is 3.48. The number of nitrogens with two attached hydrogens (primary N) is 2. The molecule has 0 fully saturated rings. The van der Waals surface area contributed by atoms with Crippen molar-refractivity contribution in [2.75, 3.05) is 53.9 Å². The number of aryl methyl sites for hydroxylation is 1. The molecule has 0 saturated heterocycles. The molecular weight excluding hydrogens is 580 g/mol. The molecule has 0 bridgehead atoms. The maximum absolute atomic E-state index is 11.9. The van der Waals surface area contributed by atoms with Crippen molar-refractivity contribution in [1.29, 1.82) is 0 Å². The molecule has 2 aromatic rings. The Morgan fingerprint density at radius 3 is 2.16 bits per heavy atom. The minimum absolute atomic E-state index is 0.0470. The van der Waals surface area contributed by atoms with Crippen molar-refractivity contribution in [2.45, 2.75) is 38.6 Å². The molecule has 1 aliphatic rings. The van der Waals surface area contributed by atoms with Crippen molar-refractivity contribution in [3.8, 4) is 0 Å². The molecule has 0 aromatic heterocycles. The summed E-state index contributed by atoms with van der Waals surface area (Å²) in [7, 11) is 4.45. The first-order chi connectivity index (χ1) is 20.8. The normalized spacial score (nSPS) is 12.3. The molecule has 1 unspecified atom stereocenters. The lowest BCUT2D eigenvalue weighted by Crippen LogP contribution is -2.45. The predicted octanol–water partition coefficient (Wildman–Crippen LogP) is 0.169. The van der Waals surface area contributed by atoms with Crippen LogP contribution < -0.4 is 32.9 Å². The summed E-state index contributed by atoms with van der Waals surface area (Å²) in [6, 6.07) is 12.3. The second-order valence-electron chi connectivity index (χ2n) is 9.58. The average molecular weight is 627 g/mol. The van der Waals surface area contributed by atoms with Gasteiger partial charge in [0.1, 0.15) is 6.29 Å². The van der Waals surface area contributed by atoms with Gasteiger partial charge in [0.05, 0.1) is 24.8 Å². The number of hydrogen-bond acceptors (Lipinski definition) is 9. The van der Waals surface area contributed by atoms with Gasteiger partial charge in [0, 0.05) is 39.6 Å². The number of fused-ring (bicyclic) bond motifs is 1. The molecule has 0 radical (unpaired) electrons. The molecule has 3 rings (SSSR count). The van der Waals surface area contributed by atoms with Crippen molar-refractivity contribution in [1.82, 2.24) is 20.9 Å². The molecule has 1 atom stereocenters. The highest BCUT2D eigenvalue weighted by Crippen LogP contribution is 2.28. The highest BCUT2D eigenvalue weighted by molar-refractivity contribution is 6.61. The lowest BCUT2D eigenvalue weighted by molar-refractivity contribution is -0.137. The molecule has 11 nitrogen and oxygen atoms in total.